The van der Waals surface area contributed by atoms with Crippen molar-refractivity contribution in [3.8, 4) is 11.5 Å². The van der Waals surface area contributed by atoms with Crippen LogP contribution in [0.15, 0.2) is 54.6 Å². The van der Waals surface area contributed by atoms with E-state index < -0.39 is 16.1 Å². The van der Waals surface area contributed by atoms with Crippen molar-refractivity contribution in [2.24, 2.45) is 0 Å². The molecule has 1 aliphatic heterocycles. The van der Waals surface area contributed by atoms with Gasteiger partial charge in [0.05, 0.1) is 5.56 Å². The second-order valence-corrected chi connectivity index (χ2v) is 5.58. The first-order chi connectivity index (χ1) is 9.58. The fraction of sp³-hybridized carbons (Fsp3) is 0. The molecule has 1 amide bonds. The number of nitrogens with one attached hydrogen (secondary N) is 1. The third-order valence-corrected chi connectivity index (χ3v) is 3.66. The molecule has 0 aliphatic carbocycles. The zero-order valence-corrected chi connectivity index (χ0v) is 11.0. The molecule has 1 N–H and O–H groups in total. The largest absolute Gasteiger partial charge is 0.457 e. The third-order valence-electron chi connectivity index (χ3n) is 2.68. The number of para-hydroxylation sites is 2. The average Bonchev–Trinajstić information content (AvgIpc) is 3.09. The number of rotatable bonds is 3. The SMILES string of the molecule is O=C(c1ccccc1Oc1ccccc1)N1NS1(=O)=O. The Bertz CT molecular complexity index is 759. The van der Waals surface area contributed by atoms with Crippen LogP contribution >= 0.6 is 0 Å². The number of carbonyl (C=O) groups is 1. The van der Waals surface area contributed by atoms with E-state index in [1.54, 1.807) is 42.5 Å². The first-order valence-corrected chi connectivity index (χ1v) is 7.21. The monoisotopic (exact) mass is 290 g/mol. The molecule has 0 radical (unpaired) electrons. The van der Waals surface area contributed by atoms with Gasteiger partial charge in [0.1, 0.15) is 11.5 Å². The summed E-state index contributed by atoms with van der Waals surface area (Å²) in [5.41, 5.74) is 0.171. The molecular formula is C13H10N2O4S. The molecule has 102 valence electrons. The molecule has 20 heavy (non-hydrogen) atoms. The molecule has 7 heteroatoms. The van der Waals surface area contributed by atoms with E-state index in [4.69, 9.17) is 4.74 Å². The summed E-state index contributed by atoms with van der Waals surface area (Å²) in [5.74, 6) is 0.193. The van der Waals surface area contributed by atoms with Gasteiger partial charge in [-0.25, -0.2) is 0 Å². The minimum absolute atomic E-state index is 0.171. The zero-order valence-electron chi connectivity index (χ0n) is 10.2. The highest BCUT2D eigenvalue weighted by molar-refractivity contribution is 7.93. The van der Waals surface area contributed by atoms with Gasteiger partial charge >= 0.3 is 10.2 Å². The van der Waals surface area contributed by atoms with E-state index in [2.05, 4.69) is 0 Å². The highest BCUT2D eigenvalue weighted by Gasteiger charge is 2.45. The molecule has 0 atom stereocenters. The van der Waals surface area contributed by atoms with Gasteiger partial charge in [0.25, 0.3) is 5.91 Å². The van der Waals surface area contributed by atoms with E-state index in [0.717, 1.165) is 0 Å². The summed E-state index contributed by atoms with van der Waals surface area (Å²) in [6.07, 6.45) is 0. The highest BCUT2D eigenvalue weighted by Crippen LogP contribution is 2.28. The lowest BCUT2D eigenvalue weighted by atomic mass is 10.2. The molecule has 6 nitrogen and oxygen atoms in total. The Hall–Kier alpha value is -2.38. The lowest BCUT2D eigenvalue weighted by Gasteiger charge is -2.09. The van der Waals surface area contributed by atoms with E-state index in [-0.39, 0.29) is 5.56 Å². The van der Waals surface area contributed by atoms with Crippen LogP contribution in [0, 0.1) is 0 Å². The van der Waals surface area contributed by atoms with Crippen molar-refractivity contribution in [2.75, 3.05) is 0 Å². The summed E-state index contributed by atoms with van der Waals surface area (Å²) < 4.78 is 28.4. The van der Waals surface area contributed by atoms with Gasteiger partial charge in [0.2, 0.25) is 0 Å². The Labute approximate surface area is 115 Å². The maximum absolute atomic E-state index is 12.0. The highest BCUT2D eigenvalue weighted by atomic mass is 32.2. The Morgan fingerprint density at radius 3 is 2.25 bits per heavy atom. The lowest BCUT2D eigenvalue weighted by molar-refractivity contribution is 0.0887. The number of carbonyl (C=O) groups excluding carboxylic acids is 1. The Balaban J connectivity index is 1.91. The van der Waals surface area contributed by atoms with Crippen molar-refractivity contribution in [3.05, 3.63) is 60.2 Å². The van der Waals surface area contributed by atoms with Crippen LogP contribution in [0.25, 0.3) is 0 Å². The Kier molecular flexibility index (Phi) is 2.92. The molecule has 1 saturated heterocycles. The summed E-state index contributed by atoms with van der Waals surface area (Å²) in [5, 5.41) is 0. The van der Waals surface area contributed by atoms with E-state index in [0.29, 0.717) is 15.9 Å². The van der Waals surface area contributed by atoms with Crippen LogP contribution in [-0.2, 0) is 10.2 Å². The normalized spacial score (nSPS) is 15.7. The molecule has 2 aromatic rings. The molecule has 0 aromatic heterocycles. The van der Waals surface area contributed by atoms with Crippen molar-refractivity contribution in [3.63, 3.8) is 0 Å². The number of hydrogen-bond donors (Lipinski definition) is 1. The summed E-state index contributed by atoms with van der Waals surface area (Å²) in [6.45, 7) is 0. The molecular weight excluding hydrogens is 280 g/mol. The first-order valence-electron chi connectivity index (χ1n) is 5.77. The van der Waals surface area contributed by atoms with Crippen molar-refractivity contribution in [2.45, 2.75) is 0 Å². The van der Waals surface area contributed by atoms with Crippen molar-refractivity contribution in [1.29, 1.82) is 0 Å². The smallest absolute Gasteiger partial charge is 0.337 e. The summed E-state index contributed by atoms with van der Waals surface area (Å²) in [6, 6.07) is 15.4. The molecule has 1 heterocycles. The predicted octanol–water partition coefficient (Wildman–Crippen LogP) is 1.68. The van der Waals surface area contributed by atoms with Crippen molar-refractivity contribution < 1.29 is 17.9 Å². The van der Waals surface area contributed by atoms with E-state index >= 15 is 0 Å². The fourth-order valence-electron chi connectivity index (χ4n) is 1.70. The van der Waals surface area contributed by atoms with Crippen LogP contribution in [0.4, 0.5) is 0 Å². The molecule has 0 saturated carbocycles. The van der Waals surface area contributed by atoms with Gasteiger partial charge in [-0.05, 0) is 24.3 Å². The number of nitrogens with zero attached hydrogens (tertiary/aromatic N) is 1. The number of benzene rings is 2. The topological polar surface area (TPSA) is 85.4 Å². The van der Waals surface area contributed by atoms with Crippen LogP contribution in [0.1, 0.15) is 10.4 Å². The maximum atomic E-state index is 12.0. The van der Waals surface area contributed by atoms with Crippen LogP contribution < -0.4 is 9.57 Å². The standard InChI is InChI=1S/C13H10N2O4S/c16-13(15-14-20(15,17)18)11-8-4-5-9-12(11)19-10-6-2-1-3-7-10/h1-9,14H. The van der Waals surface area contributed by atoms with Gasteiger partial charge in [0.15, 0.2) is 0 Å². The second kappa shape index (κ2) is 4.62. The third kappa shape index (κ3) is 2.36. The number of ether oxygens (including phenoxy) is 1. The summed E-state index contributed by atoms with van der Waals surface area (Å²) >= 11 is 0. The molecule has 2 aromatic carbocycles. The van der Waals surface area contributed by atoms with Gasteiger partial charge in [-0.2, -0.15) is 8.42 Å². The maximum Gasteiger partial charge on any atom is 0.337 e. The Morgan fingerprint density at radius 2 is 1.60 bits per heavy atom. The van der Waals surface area contributed by atoms with Crippen molar-refractivity contribution in [1.82, 2.24) is 9.25 Å². The minimum Gasteiger partial charge on any atom is -0.457 e. The van der Waals surface area contributed by atoms with Gasteiger partial charge < -0.3 is 4.74 Å². The first kappa shape index (κ1) is 12.6. The lowest BCUT2D eigenvalue weighted by Crippen LogP contribution is -2.14. The number of hydrazine groups is 1. The molecule has 3 rings (SSSR count). The number of amides is 1. The second-order valence-electron chi connectivity index (χ2n) is 4.08. The van der Waals surface area contributed by atoms with Crippen LogP contribution in [0.2, 0.25) is 0 Å². The quantitative estimate of drug-likeness (QED) is 0.871. The van der Waals surface area contributed by atoms with Gasteiger partial charge in [-0.1, -0.05) is 35.2 Å². The minimum atomic E-state index is -3.62. The van der Waals surface area contributed by atoms with E-state index in [9.17, 15) is 13.2 Å². The van der Waals surface area contributed by atoms with Crippen LogP contribution in [0.5, 0.6) is 11.5 Å². The molecule has 0 spiro atoms. The Morgan fingerprint density at radius 1 is 1.00 bits per heavy atom. The predicted molar refractivity (Wildman–Crippen MR) is 71.2 cm³/mol. The van der Waals surface area contributed by atoms with E-state index in [1.807, 2.05) is 10.9 Å². The van der Waals surface area contributed by atoms with Crippen molar-refractivity contribution >= 4 is 16.1 Å². The summed E-state index contributed by atoms with van der Waals surface area (Å²) in [4.78, 5) is 14.0. The fourth-order valence-corrected chi connectivity index (χ4v) is 2.45. The number of hydrogen-bond acceptors (Lipinski definition) is 4. The average molecular weight is 290 g/mol. The van der Waals surface area contributed by atoms with Crippen LogP contribution in [-0.4, -0.2) is 18.7 Å². The molecule has 1 fully saturated rings. The van der Waals surface area contributed by atoms with Gasteiger partial charge in [-0.3, -0.25) is 4.79 Å². The van der Waals surface area contributed by atoms with E-state index in [1.165, 1.54) is 6.07 Å². The molecule has 0 unspecified atom stereocenters. The van der Waals surface area contributed by atoms with Crippen LogP contribution in [0.3, 0.4) is 0 Å². The van der Waals surface area contributed by atoms with Gasteiger partial charge in [-0.15, -0.1) is 4.41 Å². The summed E-state index contributed by atoms with van der Waals surface area (Å²) in [7, 11) is -3.62. The molecule has 1 aliphatic rings. The van der Waals surface area contributed by atoms with Gasteiger partial charge in [0, 0.05) is 0 Å². The zero-order chi connectivity index (χ0) is 14.2. The molecule has 0 bridgehead atoms.